The fraction of sp³-hybridized carbons (Fsp3) is 0.364. The predicted octanol–water partition coefficient (Wildman–Crippen LogP) is 3.73. The first-order chi connectivity index (χ1) is 8.87. The van der Waals surface area contributed by atoms with Crippen molar-refractivity contribution in [3.63, 3.8) is 0 Å². The molecule has 0 saturated heterocycles. The molecule has 1 aliphatic rings. The van der Waals surface area contributed by atoms with Crippen LogP contribution >= 0.6 is 44.3 Å². The molecule has 17 heavy (non-hydrogen) atoms. The zero-order valence-corrected chi connectivity index (χ0v) is 12.7. The summed E-state index contributed by atoms with van der Waals surface area (Å²) in [7, 11) is -2.49. The number of benzene rings is 1. The van der Waals surface area contributed by atoms with Crippen LogP contribution in [0.4, 0.5) is 0 Å². The Kier molecular flexibility index (Phi) is 4.14. The second-order valence-electron chi connectivity index (χ2n) is 3.54. The van der Waals surface area contributed by atoms with Crippen molar-refractivity contribution in [3.05, 3.63) is 26.6 Å². The van der Waals surface area contributed by atoms with Crippen LogP contribution in [0.15, 0.2) is 26.2 Å². The van der Waals surface area contributed by atoms with Gasteiger partial charge in [0.25, 0.3) is 0 Å². The molecule has 0 amide bonds. The Bertz CT molecular complexity index is 507. The predicted molar refractivity (Wildman–Crippen MR) is 79.4 cm³/mol. The Hall–Kier alpha value is -0.260. The molecule has 0 bridgehead atoms. The highest BCUT2D eigenvalue weighted by molar-refractivity contribution is 9.11. The topological polar surface area (TPSA) is 33.6 Å². The van der Waals surface area contributed by atoms with Crippen LogP contribution in [0.1, 0.15) is 22.5 Å². The lowest BCUT2D eigenvalue weighted by molar-refractivity contribution is 0.409. The summed E-state index contributed by atoms with van der Waals surface area (Å²) in [6, 6.07) is 4.02. The summed E-state index contributed by atoms with van der Waals surface area (Å²) in [5.74, 6) is 0.246. The highest BCUT2D eigenvalue weighted by Crippen LogP contribution is 2.35. The molecule has 0 aromatic heterocycles. The van der Waals surface area contributed by atoms with Gasteiger partial charge in [-0.05, 0) is 50.8 Å². The van der Waals surface area contributed by atoms with Gasteiger partial charge in [-0.15, -0.1) is 12.4 Å². The standard InChI is InChI=1S/C11H12Br2N2O.ClH/c1-16-11-9(12)5-2-7(10(11)13)6-14-15-8-3-4-8;/h2,5-6,8,15H,3-4H2,1H3;1H/b14-6+;/i1D3;. The summed E-state index contributed by atoms with van der Waals surface area (Å²) in [4.78, 5) is 0. The third-order valence-electron chi connectivity index (χ3n) is 2.22. The van der Waals surface area contributed by atoms with Crippen molar-refractivity contribution >= 4 is 50.5 Å². The van der Waals surface area contributed by atoms with Crippen molar-refractivity contribution in [2.24, 2.45) is 5.10 Å². The normalized spacial score (nSPS) is 17.9. The molecule has 0 unspecified atom stereocenters. The van der Waals surface area contributed by atoms with E-state index in [1.807, 2.05) is 6.07 Å². The molecule has 0 atom stereocenters. The van der Waals surface area contributed by atoms with E-state index >= 15 is 0 Å². The van der Waals surface area contributed by atoms with E-state index in [1.54, 1.807) is 12.3 Å². The first-order valence-corrected chi connectivity index (χ1v) is 6.41. The van der Waals surface area contributed by atoms with Crippen LogP contribution in [-0.4, -0.2) is 19.3 Å². The lowest BCUT2D eigenvalue weighted by atomic mass is 10.2. The largest absolute Gasteiger partial charge is 0.494 e. The van der Waals surface area contributed by atoms with Crippen molar-refractivity contribution in [2.45, 2.75) is 18.9 Å². The molecular formula is C11H13Br2ClN2O. The average molecular weight is 388 g/mol. The molecule has 0 radical (unpaired) electrons. The number of ether oxygens (including phenoxy) is 1. The SMILES string of the molecule is Cl.[2H]C([2H])([2H])Oc1c(Br)ccc(/C=N/NC2CC2)c1Br. The quantitative estimate of drug-likeness (QED) is 0.631. The maximum Gasteiger partial charge on any atom is 0.147 e. The number of hydrazone groups is 1. The van der Waals surface area contributed by atoms with E-state index in [2.05, 4.69) is 42.4 Å². The Morgan fingerprint density at radius 1 is 1.53 bits per heavy atom. The van der Waals surface area contributed by atoms with E-state index in [1.165, 1.54) is 0 Å². The molecule has 6 heteroatoms. The van der Waals surface area contributed by atoms with Crippen LogP contribution in [-0.2, 0) is 0 Å². The minimum absolute atomic E-state index is 0. The molecular weight excluding hydrogens is 371 g/mol. The summed E-state index contributed by atoms with van der Waals surface area (Å²) in [6.07, 6.45) is 3.93. The van der Waals surface area contributed by atoms with E-state index in [-0.39, 0.29) is 18.2 Å². The smallest absolute Gasteiger partial charge is 0.147 e. The molecule has 1 N–H and O–H groups in total. The van der Waals surface area contributed by atoms with E-state index in [0.717, 1.165) is 18.4 Å². The van der Waals surface area contributed by atoms with Crippen LogP contribution in [0, 0.1) is 0 Å². The third-order valence-corrected chi connectivity index (χ3v) is 3.66. The molecule has 0 aliphatic heterocycles. The van der Waals surface area contributed by atoms with Crippen molar-refractivity contribution in [1.29, 1.82) is 0 Å². The van der Waals surface area contributed by atoms with Gasteiger partial charge in [0.15, 0.2) is 0 Å². The number of nitrogens with zero attached hydrogens (tertiary/aromatic N) is 1. The number of methoxy groups -OCH3 is 1. The Labute approximate surface area is 128 Å². The molecule has 0 heterocycles. The van der Waals surface area contributed by atoms with Crippen LogP contribution in [0.2, 0.25) is 0 Å². The van der Waals surface area contributed by atoms with E-state index in [0.29, 0.717) is 15.0 Å². The molecule has 94 valence electrons. The number of hydrogen-bond donors (Lipinski definition) is 1. The number of halogens is 3. The second kappa shape index (κ2) is 6.61. The second-order valence-corrected chi connectivity index (χ2v) is 5.19. The van der Waals surface area contributed by atoms with Gasteiger partial charge in [0.05, 0.1) is 26.3 Å². The highest BCUT2D eigenvalue weighted by Gasteiger charge is 2.19. The van der Waals surface area contributed by atoms with Gasteiger partial charge in [-0.2, -0.15) is 5.10 Å². The first-order valence-electron chi connectivity index (χ1n) is 6.32. The number of hydrogen-bond acceptors (Lipinski definition) is 3. The van der Waals surface area contributed by atoms with Gasteiger partial charge in [0.2, 0.25) is 0 Å². The van der Waals surface area contributed by atoms with Gasteiger partial charge in [-0.25, -0.2) is 0 Å². The van der Waals surface area contributed by atoms with Crippen LogP contribution in [0.3, 0.4) is 0 Å². The minimum Gasteiger partial charge on any atom is -0.494 e. The zero-order chi connectivity index (χ0) is 14.0. The summed E-state index contributed by atoms with van der Waals surface area (Å²) < 4.78 is 27.6. The number of nitrogens with one attached hydrogen (secondary N) is 1. The molecule has 1 aliphatic carbocycles. The summed E-state index contributed by atoms with van der Waals surface area (Å²) in [6.45, 7) is 0. The monoisotopic (exact) mass is 385 g/mol. The Balaban J connectivity index is 0.00000200. The molecule has 1 saturated carbocycles. The van der Waals surface area contributed by atoms with Crippen molar-refractivity contribution in [1.82, 2.24) is 5.43 Å². The number of rotatable bonds is 4. The van der Waals surface area contributed by atoms with Gasteiger partial charge in [0.1, 0.15) is 5.75 Å². The van der Waals surface area contributed by atoms with Crippen LogP contribution < -0.4 is 10.2 Å². The van der Waals surface area contributed by atoms with Gasteiger partial charge < -0.3 is 10.2 Å². The van der Waals surface area contributed by atoms with Crippen molar-refractivity contribution in [2.75, 3.05) is 7.04 Å². The van der Waals surface area contributed by atoms with Gasteiger partial charge in [-0.3, -0.25) is 0 Å². The lowest BCUT2D eigenvalue weighted by Gasteiger charge is -2.07. The first kappa shape index (κ1) is 10.6. The van der Waals surface area contributed by atoms with E-state index in [4.69, 9.17) is 8.85 Å². The van der Waals surface area contributed by atoms with Gasteiger partial charge in [0, 0.05) is 11.6 Å². The minimum atomic E-state index is -2.49. The van der Waals surface area contributed by atoms with Crippen molar-refractivity contribution < 1.29 is 8.85 Å². The molecule has 3 nitrogen and oxygen atoms in total. The van der Waals surface area contributed by atoms with E-state index < -0.39 is 7.04 Å². The highest BCUT2D eigenvalue weighted by atomic mass is 79.9. The zero-order valence-electron chi connectivity index (χ0n) is 11.7. The molecule has 1 fully saturated rings. The van der Waals surface area contributed by atoms with Gasteiger partial charge >= 0.3 is 0 Å². The molecule has 1 aromatic rings. The molecule has 1 aromatic carbocycles. The van der Waals surface area contributed by atoms with Crippen LogP contribution in [0.5, 0.6) is 5.75 Å². The Morgan fingerprint density at radius 3 is 2.94 bits per heavy atom. The van der Waals surface area contributed by atoms with E-state index in [9.17, 15) is 0 Å². The maximum atomic E-state index is 7.16. The van der Waals surface area contributed by atoms with Crippen LogP contribution in [0.25, 0.3) is 0 Å². The lowest BCUT2D eigenvalue weighted by Crippen LogP contribution is -2.07. The fourth-order valence-corrected chi connectivity index (χ4v) is 2.37. The maximum absolute atomic E-state index is 7.16. The molecule has 0 spiro atoms. The molecule has 2 rings (SSSR count). The summed E-state index contributed by atoms with van der Waals surface area (Å²) in [5, 5.41) is 4.12. The summed E-state index contributed by atoms with van der Waals surface area (Å²) >= 11 is 6.61. The fourth-order valence-electron chi connectivity index (χ4n) is 1.17. The Morgan fingerprint density at radius 2 is 2.29 bits per heavy atom. The average Bonchev–Trinajstić information content (AvgIpc) is 3.10. The summed E-state index contributed by atoms with van der Waals surface area (Å²) in [5.41, 5.74) is 3.75. The van der Waals surface area contributed by atoms with Crippen molar-refractivity contribution in [3.8, 4) is 5.75 Å². The third kappa shape index (κ3) is 3.86. The van der Waals surface area contributed by atoms with Gasteiger partial charge in [-0.1, -0.05) is 6.07 Å².